The van der Waals surface area contributed by atoms with E-state index in [1.54, 1.807) is 33.9 Å². The number of rotatable bonds is 3. The molecule has 5 heterocycles. The fourth-order valence-corrected chi connectivity index (χ4v) is 3.87. The number of carbonyl (C=O) groups is 2. The number of nitrogens with zero attached hydrogens (tertiary/aromatic N) is 7. The molecule has 0 spiro atoms. The lowest BCUT2D eigenvalue weighted by molar-refractivity contribution is -0.124. The van der Waals surface area contributed by atoms with Crippen LogP contribution < -0.4 is 5.32 Å². The van der Waals surface area contributed by atoms with Gasteiger partial charge in [0.1, 0.15) is 11.4 Å². The van der Waals surface area contributed by atoms with E-state index in [4.69, 9.17) is 4.74 Å². The summed E-state index contributed by atoms with van der Waals surface area (Å²) >= 11 is 0. The maximum atomic E-state index is 14.9. The van der Waals surface area contributed by atoms with Crippen LogP contribution >= 0.6 is 0 Å². The predicted octanol–water partition coefficient (Wildman–Crippen LogP) is 3.00. The third kappa shape index (κ3) is 4.38. The van der Waals surface area contributed by atoms with Crippen LogP contribution in [0.3, 0.4) is 0 Å². The summed E-state index contributed by atoms with van der Waals surface area (Å²) in [5, 5.41) is 11.4. The van der Waals surface area contributed by atoms with Gasteiger partial charge in [0.15, 0.2) is 22.9 Å². The van der Waals surface area contributed by atoms with Gasteiger partial charge in [-0.05, 0) is 52.3 Å². The summed E-state index contributed by atoms with van der Waals surface area (Å²) in [5.41, 5.74) is 2.02. The van der Waals surface area contributed by atoms with Gasteiger partial charge in [0.2, 0.25) is 5.91 Å². The van der Waals surface area contributed by atoms with Gasteiger partial charge in [-0.3, -0.25) is 4.79 Å². The lowest BCUT2D eigenvalue weighted by Crippen LogP contribution is -2.55. The fourth-order valence-electron chi connectivity index (χ4n) is 3.87. The van der Waals surface area contributed by atoms with Crippen molar-refractivity contribution in [1.29, 1.82) is 0 Å². The minimum absolute atomic E-state index is 0.0717. The molecule has 0 aromatic carbocycles. The monoisotopic (exact) mass is 480 g/mol. The summed E-state index contributed by atoms with van der Waals surface area (Å²) in [4.78, 5) is 34.7. The summed E-state index contributed by atoms with van der Waals surface area (Å²) in [7, 11) is 0. The van der Waals surface area contributed by atoms with E-state index in [1.807, 2.05) is 13.0 Å². The van der Waals surface area contributed by atoms with Crippen LogP contribution in [0.5, 0.6) is 0 Å². The Kier molecular flexibility index (Phi) is 5.18. The normalized spacial score (nSPS) is 14.4. The maximum Gasteiger partial charge on any atom is 0.410 e. The zero-order valence-electron chi connectivity index (χ0n) is 20.0. The van der Waals surface area contributed by atoms with E-state index >= 15 is 0 Å². The molecule has 1 fully saturated rings. The van der Waals surface area contributed by atoms with Crippen molar-refractivity contribution >= 4 is 29.1 Å². The van der Waals surface area contributed by atoms with E-state index in [2.05, 4.69) is 25.5 Å². The van der Waals surface area contributed by atoms with Gasteiger partial charge >= 0.3 is 6.09 Å². The Labute approximate surface area is 199 Å². The molecule has 5 rings (SSSR count). The topological polar surface area (TPSA) is 119 Å². The number of carbonyl (C=O) groups excluding carboxylic acids is 2. The van der Waals surface area contributed by atoms with Crippen molar-refractivity contribution in [3.63, 3.8) is 0 Å². The van der Waals surface area contributed by atoms with Gasteiger partial charge in [0.05, 0.1) is 17.8 Å². The maximum absolute atomic E-state index is 14.9. The molecule has 4 aromatic heterocycles. The smallest absolute Gasteiger partial charge is 0.410 e. The first kappa shape index (κ1) is 22.7. The number of pyridine rings is 1. The second kappa shape index (κ2) is 8.00. The largest absolute Gasteiger partial charge is 0.444 e. The SMILES string of the molecule is Cc1nc2c(C)cc(-c3cc(F)c4nc(NC(=O)C5CN(C(=O)OC(C)(C)C)C5)cn4c3)nn2n1. The molecule has 11 nitrogen and oxygen atoms in total. The molecule has 1 saturated heterocycles. The van der Waals surface area contributed by atoms with Crippen molar-refractivity contribution in [3.8, 4) is 11.3 Å². The quantitative estimate of drug-likeness (QED) is 0.479. The molecule has 2 amide bonds. The molecule has 0 bridgehead atoms. The fraction of sp³-hybridized carbons (Fsp3) is 0.391. The Morgan fingerprint density at radius 3 is 2.54 bits per heavy atom. The Hall–Kier alpha value is -4.09. The number of anilines is 1. The first-order chi connectivity index (χ1) is 16.5. The molecule has 0 unspecified atom stereocenters. The summed E-state index contributed by atoms with van der Waals surface area (Å²) < 4.78 is 23.1. The van der Waals surface area contributed by atoms with Crippen LogP contribution in [0.4, 0.5) is 15.0 Å². The number of hydrogen-bond acceptors (Lipinski definition) is 7. The van der Waals surface area contributed by atoms with Crippen molar-refractivity contribution in [2.24, 2.45) is 5.92 Å². The third-order valence-electron chi connectivity index (χ3n) is 5.56. The van der Waals surface area contributed by atoms with Gasteiger partial charge in [0.25, 0.3) is 0 Å². The molecule has 0 aliphatic carbocycles. The Balaban J connectivity index is 1.32. The number of fused-ring (bicyclic) bond motifs is 2. The van der Waals surface area contributed by atoms with Crippen LogP contribution in [0.1, 0.15) is 32.2 Å². The Morgan fingerprint density at radius 1 is 1.09 bits per heavy atom. The minimum atomic E-state index is -0.599. The van der Waals surface area contributed by atoms with Crippen LogP contribution in [0.15, 0.2) is 24.5 Å². The van der Waals surface area contributed by atoms with Gasteiger partial charge in [-0.1, -0.05) is 0 Å². The lowest BCUT2D eigenvalue weighted by atomic mass is 10.00. The predicted molar refractivity (Wildman–Crippen MR) is 124 cm³/mol. The van der Waals surface area contributed by atoms with Crippen molar-refractivity contribution in [1.82, 2.24) is 34.1 Å². The number of aromatic nitrogens is 6. The van der Waals surface area contributed by atoms with Crippen LogP contribution in [0, 0.1) is 25.6 Å². The number of ether oxygens (including phenoxy) is 1. The summed E-state index contributed by atoms with van der Waals surface area (Å²) in [6.07, 6.45) is 2.77. The highest BCUT2D eigenvalue weighted by Crippen LogP contribution is 2.25. The van der Waals surface area contributed by atoms with Crippen LogP contribution in [0.25, 0.3) is 22.6 Å². The number of likely N-dealkylation sites (tertiary alicyclic amines) is 1. The molecule has 1 aliphatic rings. The molecule has 182 valence electrons. The summed E-state index contributed by atoms with van der Waals surface area (Å²) in [6.45, 7) is 9.53. The number of imidazole rings is 1. The number of halogens is 1. The molecule has 35 heavy (non-hydrogen) atoms. The van der Waals surface area contributed by atoms with Crippen LogP contribution in [-0.4, -0.2) is 64.8 Å². The molecule has 1 aliphatic heterocycles. The van der Waals surface area contributed by atoms with Crippen molar-refractivity contribution < 1.29 is 18.7 Å². The second-order valence-corrected chi connectivity index (χ2v) is 9.69. The average Bonchev–Trinajstić information content (AvgIpc) is 3.28. The van der Waals surface area contributed by atoms with Gasteiger partial charge < -0.3 is 19.4 Å². The third-order valence-corrected chi connectivity index (χ3v) is 5.56. The standard InChI is InChI=1S/C23H25FN8O3/c1-12-6-17(29-32-19(12)25-13(2)28-32)14-7-16(24)20-26-18(11-30(20)8-14)27-21(33)15-9-31(10-15)22(34)35-23(3,4)5/h6-8,11,15H,9-10H2,1-5H3,(H,27,33). The van der Waals surface area contributed by atoms with Gasteiger partial charge in [-0.25, -0.2) is 19.2 Å². The summed E-state index contributed by atoms with van der Waals surface area (Å²) in [6, 6.07) is 3.16. The zero-order chi connectivity index (χ0) is 25.1. The van der Waals surface area contributed by atoms with E-state index in [9.17, 15) is 14.0 Å². The molecule has 0 atom stereocenters. The van der Waals surface area contributed by atoms with Crippen LogP contribution in [-0.2, 0) is 9.53 Å². The lowest BCUT2D eigenvalue weighted by Gasteiger charge is -2.38. The van der Waals surface area contributed by atoms with E-state index in [1.165, 1.54) is 26.2 Å². The minimum Gasteiger partial charge on any atom is -0.444 e. The highest BCUT2D eigenvalue weighted by atomic mass is 19.1. The van der Waals surface area contributed by atoms with Crippen molar-refractivity contribution in [2.45, 2.75) is 40.2 Å². The second-order valence-electron chi connectivity index (χ2n) is 9.69. The van der Waals surface area contributed by atoms with Gasteiger partial charge in [-0.15, -0.1) is 14.8 Å². The van der Waals surface area contributed by atoms with Crippen molar-refractivity contribution in [2.75, 3.05) is 18.4 Å². The van der Waals surface area contributed by atoms with E-state index < -0.39 is 23.4 Å². The molecule has 12 heteroatoms. The molecule has 0 radical (unpaired) electrons. The molecular weight excluding hydrogens is 455 g/mol. The molecular formula is C23H25FN8O3. The van der Waals surface area contributed by atoms with Crippen molar-refractivity contribution in [3.05, 3.63) is 41.7 Å². The first-order valence-corrected chi connectivity index (χ1v) is 11.2. The number of amides is 2. The number of hydrogen-bond donors (Lipinski definition) is 1. The van der Waals surface area contributed by atoms with E-state index in [-0.39, 0.29) is 30.5 Å². The van der Waals surface area contributed by atoms with E-state index in [0.717, 1.165) is 5.56 Å². The van der Waals surface area contributed by atoms with E-state index in [0.29, 0.717) is 22.7 Å². The summed E-state index contributed by atoms with van der Waals surface area (Å²) in [5.74, 6) is -0.434. The average molecular weight is 481 g/mol. The molecule has 1 N–H and O–H groups in total. The zero-order valence-corrected chi connectivity index (χ0v) is 20.0. The molecule has 0 saturated carbocycles. The Morgan fingerprint density at radius 2 is 1.83 bits per heavy atom. The Bertz CT molecular complexity index is 1480. The van der Waals surface area contributed by atoms with Gasteiger partial charge in [0, 0.05) is 24.8 Å². The first-order valence-electron chi connectivity index (χ1n) is 11.2. The van der Waals surface area contributed by atoms with Gasteiger partial charge in [-0.2, -0.15) is 0 Å². The highest BCUT2D eigenvalue weighted by molar-refractivity contribution is 5.93. The molecule has 4 aromatic rings. The number of nitrogens with one attached hydrogen (secondary N) is 1. The van der Waals surface area contributed by atoms with Crippen LogP contribution in [0.2, 0.25) is 0 Å². The highest BCUT2D eigenvalue weighted by Gasteiger charge is 2.38. The number of aryl methyl sites for hydroxylation is 2.